The van der Waals surface area contributed by atoms with Crippen molar-refractivity contribution in [3.63, 3.8) is 0 Å². The number of carbonyl (C=O) groups is 1. The molecule has 13 heteroatoms. The molecule has 1 heterocycles. The number of ether oxygens (including phenoxy) is 2. The summed E-state index contributed by atoms with van der Waals surface area (Å²) in [5.74, 6) is -3.93. The molecule has 1 aliphatic heterocycles. The molecule has 2 unspecified atom stereocenters. The molecule has 1 aromatic rings. The Morgan fingerprint density at radius 1 is 1.31 bits per heavy atom. The summed E-state index contributed by atoms with van der Waals surface area (Å²) in [6, 6.07) is 1.73. The van der Waals surface area contributed by atoms with Crippen LogP contribution in [-0.2, 0) is 24.3 Å². The van der Waals surface area contributed by atoms with Gasteiger partial charge in [0.25, 0.3) is 0 Å². The lowest BCUT2D eigenvalue weighted by Gasteiger charge is -2.34. The molecule has 4 N–H and O–H groups in total. The Morgan fingerprint density at radius 2 is 1.94 bits per heavy atom. The van der Waals surface area contributed by atoms with Gasteiger partial charge in [-0.1, -0.05) is 30.1 Å². The predicted molar refractivity (Wildman–Crippen MR) is 114 cm³/mol. The van der Waals surface area contributed by atoms with Crippen LogP contribution in [0.2, 0.25) is 10.0 Å². The van der Waals surface area contributed by atoms with Crippen molar-refractivity contribution in [3.8, 4) is 0 Å². The van der Waals surface area contributed by atoms with Gasteiger partial charge in [-0.05, 0) is 31.1 Å². The molecule has 1 aromatic carbocycles. The fourth-order valence-electron chi connectivity index (χ4n) is 3.97. The number of carboxylic acid groups (broad SMARTS) is 1. The summed E-state index contributed by atoms with van der Waals surface area (Å²) >= 11 is 11.8. The molecule has 1 saturated heterocycles. The molecule has 1 fully saturated rings. The first-order valence-electron chi connectivity index (χ1n) is 9.64. The van der Waals surface area contributed by atoms with E-state index >= 15 is 0 Å². The Kier molecular flexibility index (Phi) is 7.12. The summed E-state index contributed by atoms with van der Waals surface area (Å²) in [6.45, 7) is 0.730. The van der Waals surface area contributed by atoms with Crippen LogP contribution in [-0.4, -0.2) is 65.7 Å². The van der Waals surface area contributed by atoms with E-state index in [-0.39, 0.29) is 35.0 Å². The molecule has 0 radical (unpaired) electrons. The number of benzene rings is 1. The predicted octanol–water partition coefficient (Wildman–Crippen LogP) is 2.29. The van der Waals surface area contributed by atoms with Crippen LogP contribution in [0.3, 0.4) is 0 Å². The van der Waals surface area contributed by atoms with Crippen molar-refractivity contribution < 1.29 is 42.4 Å². The van der Waals surface area contributed by atoms with E-state index < -0.39 is 63.3 Å². The third-order valence-electron chi connectivity index (χ3n) is 5.69. The Morgan fingerprint density at radius 3 is 2.41 bits per heavy atom. The number of nitrogens with one attached hydrogen (secondary N) is 1. The minimum Gasteiger partial charge on any atom is -0.478 e. The van der Waals surface area contributed by atoms with Gasteiger partial charge in [-0.3, -0.25) is 4.72 Å². The second kappa shape index (κ2) is 9.05. The van der Waals surface area contributed by atoms with Gasteiger partial charge in [-0.15, -0.1) is 0 Å². The minimum absolute atomic E-state index is 0.0709. The number of hydrogen-bond acceptors (Lipinski definition) is 7. The highest BCUT2D eigenvalue weighted by molar-refractivity contribution is 7.93. The van der Waals surface area contributed by atoms with E-state index in [9.17, 15) is 32.9 Å². The van der Waals surface area contributed by atoms with E-state index in [0.29, 0.717) is 0 Å². The van der Waals surface area contributed by atoms with Gasteiger partial charge >= 0.3 is 5.97 Å². The maximum absolute atomic E-state index is 13.4. The molecule has 3 rings (SSSR count). The number of sulfonamides is 1. The minimum atomic E-state index is -4.39. The van der Waals surface area contributed by atoms with Crippen LogP contribution >= 0.6 is 23.2 Å². The maximum Gasteiger partial charge on any atom is 0.332 e. The van der Waals surface area contributed by atoms with Crippen LogP contribution in [0.1, 0.15) is 26.2 Å². The van der Waals surface area contributed by atoms with Crippen LogP contribution in [0, 0.1) is 5.82 Å². The van der Waals surface area contributed by atoms with E-state index in [0.717, 1.165) is 18.2 Å². The Bertz CT molecular complexity index is 1020. The van der Waals surface area contributed by atoms with Crippen molar-refractivity contribution in [2.75, 3.05) is 17.9 Å². The smallest absolute Gasteiger partial charge is 0.332 e. The number of aliphatic hydroxyl groups is 2. The lowest BCUT2D eigenvalue weighted by Crippen LogP contribution is -2.46. The number of aliphatic carboxylic acids is 1. The summed E-state index contributed by atoms with van der Waals surface area (Å²) in [4.78, 5) is 12.0. The molecule has 2 aliphatic rings. The first-order chi connectivity index (χ1) is 14.9. The molecule has 4 atom stereocenters. The van der Waals surface area contributed by atoms with E-state index in [1.54, 1.807) is 6.92 Å². The Labute approximate surface area is 193 Å². The molecule has 0 saturated carbocycles. The van der Waals surface area contributed by atoms with Gasteiger partial charge in [0.05, 0.1) is 34.5 Å². The zero-order valence-corrected chi connectivity index (χ0v) is 19.2. The van der Waals surface area contributed by atoms with Crippen molar-refractivity contribution in [1.29, 1.82) is 0 Å². The largest absolute Gasteiger partial charge is 0.478 e. The van der Waals surface area contributed by atoms with Crippen LogP contribution in [0.25, 0.3) is 0 Å². The number of halogens is 3. The molecule has 1 aliphatic carbocycles. The van der Waals surface area contributed by atoms with Gasteiger partial charge in [0.1, 0.15) is 22.8 Å². The van der Waals surface area contributed by atoms with Crippen molar-refractivity contribution in [1.82, 2.24) is 0 Å². The molecule has 1 spiro atoms. The molecule has 0 aromatic heterocycles. The highest BCUT2D eigenvalue weighted by atomic mass is 35.5. The molecule has 32 heavy (non-hydrogen) atoms. The maximum atomic E-state index is 13.4. The Balaban J connectivity index is 1.98. The average molecular weight is 514 g/mol. The van der Waals surface area contributed by atoms with E-state index in [2.05, 4.69) is 4.72 Å². The van der Waals surface area contributed by atoms with Gasteiger partial charge < -0.3 is 24.8 Å². The van der Waals surface area contributed by atoms with E-state index in [1.807, 2.05) is 0 Å². The van der Waals surface area contributed by atoms with Gasteiger partial charge in [-0.25, -0.2) is 17.6 Å². The first kappa shape index (κ1) is 25.2. The quantitative estimate of drug-likeness (QED) is 0.434. The van der Waals surface area contributed by atoms with Crippen molar-refractivity contribution in [2.45, 2.75) is 48.9 Å². The number of carboxylic acids is 1. The average Bonchev–Trinajstić information content (AvgIpc) is 3.04. The van der Waals surface area contributed by atoms with Crippen LogP contribution in [0.4, 0.5) is 10.1 Å². The van der Waals surface area contributed by atoms with Crippen LogP contribution in [0.15, 0.2) is 23.8 Å². The number of anilines is 1. The zero-order chi connectivity index (χ0) is 23.9. The van der Waals surface area contributed by atoms with Gasteiger partial charge in [0.15, 0.2) is 5.79 Å². The molecule has 9 nitrogen and oxygen atoms in total. The molecule has 0 bridgehead atoms. The zero-order valence-electron chi connectivity index (χ0n) is 16.8. The second-order valence-electron chi connectivity index (χ2n) is 7.60. The molecular formula is C19H22Cl2FNO8S. The second-order valence-corrected chi connectivity index (χ2v) is 10.3. The lowest BCUT2D eigenvalue weighted by molar-refractivity contribution is -0.171. The fourth-order valence-corrected chi connectivity index (χ4v) is 6.21. The number of rotatable bonds is 7. The summed E-state index contributed by atoms with van der Waals surface area (Å²) < 4.78 is 53.3. The standard InChI is InChI=1S/C19H22Cl2FNO8S/c1-2-18(9-25)15(8-24)30-19(31-18)4-3-14(11(7-19)17(26)27)32(28,29)23-16-12(20)5-10(22)6-13(16)21/h5-7,14-15,23-25H,2-4,8-9H2,1H3,(H,26,27)/t14?,15-,18-,19?/m1/s1. The molecule has 178 valence electrons. The molecular weight excluding hydrogens is 492 g/mol. The van der Waals surface area contributed by atoms with Gasteiger partial charge in [0.2, 0.25) is 10.0 Å². The first-order valence-corrected chi connectivity index (χ1v) is 11.9. The van der Waals surface area contributed by atoms with E-state index in [1.165, 1.54) is 0 Å². The number of hydrogen-bond donors (Lipinski definition) is 4. The lowest BCUT2D eigenvalue weighted by atomic mass is 9.93. The van der Waals surface area contributed by atoms with E-state index in [4.69, 9.17) is 32.7 Å². The summed E-state index contributed by atoms with van der Waals surface area (Å²) in [6.07, 6.45) is 0.0715. The van der Waals surface area contributed by atoms with Crippen LogP contribution < -0.4 is 4.72 Å². The highest BCUT2D eigenvalue weighted by Gasteiger charge is 2.57. The fraction of sp³-hybridized carbons (Fsp3) is 0.526. The summed E-state index contributed by atoms with van der Waals surface area (Å²) in [5.41, 5.74) is -2.08. The van der Waals surface area contributed by atoms with Crippen molar-refractivity contribution >= 4 is 44.9 Å². The topological polar surface area (TPSA) is 142 Å². The number of aliphatic hydroxyl groups excluding tert-OH is 2. The monoisotopic (exact) mass is 513 g/mol. The third-order valence-corrected chi connectivity index (χ3v) is 8.01. The Hall–Kier alpha value is -1.47. The van der Waals surface area contributed by atoms with Gasteiger partial charge in [-0.2, -0.15) is 0 Å². The van der Waals surface area contributed by atoms with Crippen molar-refractivity contribution in [3.05, 3.63) is 39.6 Å². The third kappa shape index (κ3) is 4.47. The summed E-state index contributed by atoms with van der Waals surface area (Å²) in [7, 11) is -4.39. The SMILES string of the molecule is CC[C@]1(CO)OC2(C=C(C(=O)O)C(S(=O)(=O)Nc3c(Cl)cc(F)cc3Cl)CC2)O[C@@H]1CO. The normalized spacial score (nSPS) is 30.4. The van der Waals surface area contributed by atoms with Crippen molar-refractivity contribution in [2.24, 2.45) is 0 Å². The molecule has 0 amide bonds. The highest BCUT2D eigenvalue weighted by Crippen LogP contribution is 2.46. The van der Waals surface area contributed by atoms with Crippen LogP contribution in [0.5, 0.6) is 0 Å². The summed E-state index contributed by atoms with van der Waals surface area (Å²) in [5, 5.41) is 27.1. The van der Waals surface area contributed by atoms with Gasteiger partial charge in [0, 0.05) is 6.42 Å².